The molecule has 1 aromatic carbocycles. The third kappa shape index (κ3) is 3.31. The molecule has 2 heteroatoms. The van der Waals surface area contributed by atoms with Crippen molar-refractivity contribution in [2.75, 3.05) is 0 Å². The van der Waals surface area contributed by atoms with Crippen molar-refractivity contribution in [2.45, 2.75) is 26.8 Å². The van der Waals surface area contributed by atoms with Crippen LogP contribution < -0.4 is 5.73 Å². The van der Waals surface area contributed by atoms with Gasteiger partial charge in [0, 0.05) is 12.0 Å². The quantitative estimate of drug-likeness (QED) is 0.788. The fourth-order valence-electron chi connectivity index (χ4n) is 1.56. The molecule has 1 aromatic rings. The summed E-state index contributed by atoms with van der Waals surface area (Å²) in [5, 5.41) is 0. The maximum atomic E-state index is 11.8. The van der Waals surface area contributed by atoms with E-state index in [2.05, 4.69) is 0 Å². The van der Waals surface area contributed by atoms with Crippen molar-refractivity contribution in [3.63, 3.8) is 0 Å². The van der Waals surface area contributed by atoms with Crippen LogP contribution in [0.2, 0.25) is 0 Å². The summed E-state index contributed by atoms with van der Waals surface area (Å²) in [6.45, 7) is 5.71. The van der Waals surface area contributed by atoms with Gasteiger partial charge in [0.1, 0.15) is 0 Å². The summed E-state index contributed by atoms with van der Waals surface area (Å²) in [5.41, 5.74) is 8.08. The normalized spacial score (nSPS) is 14.0. The smallest absolute Gasteiger partial charge is 0.160 e. The molecule has 0 radical (unpaired) electrons. The molecular weight excluding hydrogens is 198 g/mol. The van der Waals surface area contributed by atoms with Crippen molar-refractivity contribution in [3.05, 3.63) is 47.5 Å². The standard InChI is InChI=1S/C14H19NO/c1-10(2)9-13(16)11(3)14(15)12-7-5-4-6-8-12/h4-9,11,14H,15H2,1-3H3. The Morgan fingerprint density at radius 3 is 2.31 bits per heavy atom. The van der Waals surface area contributed by atoms with Crippen LogP contribution in [0.15, 0.2) is 42.0 Å². The largest absolute Gasteiger partial charge is 0.323 e. The Labute approximate surface area is 97.2 Å². The van der Waals surface area contributed by atoms with Gasteiger partial charge in [-0.2, -0.15) is 0 Å². The summed E-state index contributed by atoms with van der Waals surface area (Å²) in [4.78, 5) is 11.8. The molecule has 2 atom stereocenters. The lowest BCUT2D eigenvalue weighted by molar-refractivity contribution is -0.118. The molecule has 0 aliphatic carbocycles. The van der Waals surface area contributed by atoms with Crippen molar-refractivity contribution in [3.8, 4) is 0 Å². The van der Waals surface area contributed by atoms with Crippen LogP contribution in [0.1, 0.15) is 32.4 Å². The number of rotatable bonds is 4. The van der Waals surface area contributed by atoms with Crippen LogP contribution in [0.25, 0.3) is 0 Å². The predicted octanol–water partition coefficient (Wildman–Crippen LogP) is 2.86. The van der Waals surface area contributed by atoms with Crippen molar-refractivity contribution >= 4 is 5.78 Å². The van der Waals surface area contributed by atoms with Gasteiger partial charge < -0.3 is 5.73 Å². The van der Waals surface area contributed by atoms with Crippen molar-refractivity contribution in [2.24, 2.45) is 11.7 Å². The number of hydrogen-bond acceptors (Lipinski definition) is 2. The van der Waals surface area contributed by atoms with Gasteiger partial charge in [-0.05, 0) is 25.5 Å². The van der Waals surface area contributed by atoms with E-state index in [1.54, 1.807) is 6.08 Å². The summed E-state index contributed by atoms with van der Waals surface area (Å²) >= 11 is 0. The molecule has 0 aliphatic rings. The van der Waals surface area contributed by atoms with Crippen molar-refractivity contribution in [1.29, 1.82) is 0 Å². The first-order valence-corrected chi connectivity index (χ1v) is 5.51. The first-order chi connectivity index (χ1) is 7.52. The topological polar surface area (TPSA) is 43.1 Å². The number of benzene rings is 1. The van der Waals surface area contributed by atoms with Crippen LogP contribution in [-0.2, 0) is 4.79 Å². The summed E-state index contributed by atoms with van der Waals surface area (Å²) < 4.78 is 0. The first kappa shape index (κ1) is 12.7. The Morgan fingerprint density at radius 2 is 1.81 bits per heavy atom. The fourth-order valence-corrected chi connectivity index (χ4v) is 1.56. The van der Waals surface area contributed by atoms with E-state index in [4.69, 9.17) is 5.73 Å². The van der Waals surface area contributed by atoms with Gasteiger partial charge in [0.05, 0.1) is 0 Å². The highest BCUT2D eigenvalue weighted by molar-refractivity contribution is 5.92. The number of hydrogen-bond donors (Lipinski definition) is 1. The van der Waals surface area contributed by atoms with Gasteiger partial charge in [0.2, 0.25) is 0 Å². The third-order valence-corrected chi connectivity index (χ3v) is 2.60. The zero-order valence-corrected chi connectivity index (χ0v) is 10.1. The van der Waals surface area contributed by atoms with E-state index >= 15 is 0 Å². The van der Waals surface area contributed by atoms with Crippen LogP contribution in [0.5, 0.6) is 0 Å². The number of ketones is 1. The van der Waals surface area contributed by atoms with E-state index in [1.165, 1.54) is 0 Å². The third-order valence-electron chi connectivity index (χ3n) is 2.60. The van der Waals surface area contributed by atoms with Gasteiger partial charge in [-0.15, -0.1) is 0 Å². The summed E-state index contributed by atoms with van der Waals surface area (Å²) in [6.07, 6.45) is 1.66. The zero-order valence-electron chi connectivity index (χ0n) is 10.1. The molecule has 0 heterocycles. The van der Waals surface area contributed by atoms with Crippen molar-refractivity contribution < 1.29 is 4.79 Å². The lowest BCUT2D eigenvalue weighted by atomic mass is 9.91. The second kappa shape index (κ2) is 5.61. The Balaban J connectivity index is 2.79. The number of carbonyl (C=O) groups excluding carboxylic acids is 1. The number of carbonyl (C=O) groups is 1. The molecule has 86 valence electrons. The lowest BCUT2D eigenvalue weighted by Crippen LogP contribution is -2.25. The molecule has 0 saturated heterocycles. The van der Waals surface area contributed by atoms with Gasteiger partial charge in [-0.1, -0.05) is 42.8 Å². The van der Waals surface area contributed by atoms with Crippen LogP contribution >= 0.6 is 0 Å². The SMILES string of the molecule is CC(C)=CC(=O)C(C)C(N)c1ccccc1. The second-order valence-corrected chi connectivity index (χ2v) is 4.35. The molecule has 2 unspecified atom stereocenters. The van der Waals surface area contributed by atoms with Crippen LogP contribution in [-0.4, -0.2) is 5.78 Å². The van der Waals surface area contributed by atoms with Crippen LogP contribution in [0, 0.1) is 5.92 Å². The van der Waals surface area contributed by atoms with Crippen LogP contribution in [0.4, 0.5) is 0 Å². The summed E-state index contributed by atoms with van der Waals surface area (Å²) in [5.74, 6) is -0.0892. The van der Waals surface area contributed by atoms with Crippen LogP contribution in [0.3, 0.4) is 0 Å². The predicted molar refractivity (Wildman–Crippen MR) is 67.0 cm³/mol. The average Bonchev–Trinajstić information content (AvgIpc) is 2.27. The van der Waals surface area contributed by atoms with E-state index in [0.29, 0.717) is 0 Å². The molecule has 1 rings (SSSR count). The highest BCUT2D eigenvalue weighted by atomic mass is 16.1. The first-order valence-electron chi connectivity index (χ1n) is 5.51. The molecule has 0 spiro atoms. The van der Waals surface area contributed by atoms with E-state index in [1.807, 2.05) is 51.1 Å². The summed E-state index contributed by atoms with van der Waals surface area (Å²) in [6, 6.07) is 9.50. The molecule has 0 bridgehead atoms. The Kier molecular flexibility index (Phi) is 4.44. The fraction of sp³-hybridized carbons (Fsp3) is 0.357. The molecule has 0 saturated carbocycles. The van der Waals surface area contributed by atoms with Gasteiger partial charge >= 0.3 is 0 Å². The van der Waals surface area contributed by atoms with E-state index in [-0.39, 0.29) is 17.7 Å². The molecule has 0 aliphatic heterocycles. The molecule has 16 heavy (non-hydrogen) atoms. The minimum atomic E-state index is -0.232. The Morgan fingerprint density at radius 1 is 1.25 bits per heavy atom. The van der Waals surface area contributed by atoms with Gasteiger partial charge in [0.25, 0.3) is 0 Å². The lowest BCUT2D eigenvalue weighted by Gasteiger charge is -2.17. The Bertz CT molecular complexity index is 377. The highest BCUT2D eigenvalue weighted by Crippen LogP contribution is 2.20. The summed E-state index contributed by atoms with van der Waals surface area (Å²) in [7, 11) is 0. The van der Waals surface area contributed by atoms with Gasteiger partial charge in [0.15, 0.2) is 5.78 Å². The number of nitrogens with two attached hydrogens (primary N) is 1. The van der Waals surface area contributed by atoms with E-state index in [9.17, 15) is 4.79 Å². The van der Waals surface area contributed by atoms with Gasteiger partial charge in [-0.25, -0.2) is 0 Å². The minimum absolute atomic E-state index is 0.0938. The molecule has 0 amide bonds. The molecular formula is C14H19NO. The minimum Gasteiger partial charge on any atom is -0.323 e. The highest BCUT2D eigenvalue weighted by Gasteiger charge is 2.19. The maximum absolute atomic E-state index is 11.8. The zero-order chi connectivity index (χ0) is 12.1. The molecule has 2 N–H and O–H groups in total. The van der Waals surface area contributed by atoms with Crippen molar-refractivity contribution in [1.82, 2.24) is 0 Å². The Hall–Kier alpha value is -1.41. The monoisotopic (exact) mass is 217 g/mol. The number of allylic oxidation sites excluding steroid dienone is 2. The van der Waals surface area contributed by atoms with E-state index in [0.717, 1.165) is 11.1 Å². The molecule has 0 fully saturated rings. The van der Waals surface area contributed by atoms with E-state index < -0.39 is 0 Å². The molecule has 2 nitrogen and oxygen atoms in total. The second-order valence-electron chi connectivity index (χ2n) is 4.35. The molecule has 0 aromatic heterocycles. The van der Waals surface area contributed by atoms with Gasteiger partial charge in [-0.3, -0.25) is 4.79 Å². The maximum Gasteiger partial charge on any atom is 0.160 e. The average molecular weight is 217 g/mol.